The van der Waals surface area contributed by atoms with Gasteiger partial charge in [0.15, 0.2) is 12.6 Å². The van der Waals surface area contributed by atoms with E-state index in [1.54, 1.807) is 41.5 Å². The number of aliphatic hydroxyl groups excluding tert-OH is 3. The first-order valence-electron chi connectivity index (χ1n) is 18.5. The topological polar surface area (TPSA) is 194 Å². The number of hydrogen-bond donors (Lipinski definition) is 5. The number of likely N-dealkylation sites (N-methyl/N-ethyl adjacent to an activating group) is 1. The van der Waals surface area contributed by atoms with Gasteiger partial charge in [-0.1, -0.05) is 27.7 Å². The molecule has 0 aromatic carbocycles. The van der Waals surface area contributed by atoms with E-state index in [1.807, 2.05) is 25.9 Å². The number of esters is 1. The number of ether oxygens (including phenoxy) is 6. The molecule has 3 aliphatic heterocycles. The van der Waals surface area contributed by atoms with Crippen molar-refractivity contribution in [2.24, 2.45) is 23.7 Å². The molecular weight excluding hydrogens is 666 g/mol. The van der Waals surface area contributed by atoms with Crippen LogP contribution in [0.3, 0.4) is 0 Å². The van der Waals surface area contributed by atoms with Crippen LogP contribution in [-0.4, -0.2) is 148 Å². The predicted molar refractivity (Wildman–Crippen MR) is 186 cm³/mol. The van der Waals surface area contributed by atoms with E-state index >= 15 is 0 Å². The summed E-state index contributed by atoms with van der Waals surface area (Å²) in [5.41, 5.74) is -4.84. The van der Waals surface area contributed by atoms with Crippen LogP contribution in [0.25, 0.3) is 0 Å². The number of methoxy groups -OCH3 is 1. The van der Waals surface area contributed by atoms with E-state index in [2.05, 4.69) is 0 Å². The maximum Gasteiger partial charge on any atom is 0.311 e. The highest BCUT2D eigenvalue weighted by Crippen LogP contribution is 2.40. The van der Waals surface area contributed by atoms with Crippen LogP contribution < -0.4 is 0 Å². The minimum Gasteiger partial charge on any atom is -0.459 e. The van der Waals surface area contributed by atoms with Crippen LogP contribution in [-0.2, 0) is 38.0 Å². The SMILES string of the molecule is CCC1OC(=O)[C@H](C)[C@@H](OC2CC(C)(OC)C(O)C(C)O2)[C@H](C)[C@@H](OC2OC(C)CC(N(C)C)C2O)[C@](C)(O)C[C@@H](C)C(=O)[C@H](C)[C@@H](O)[C@]1(C)O. The highest BCUT2D eigenvalue weighted by atomic mass is 16.7. The third-order valence-electron chi connectivity index (χ3n) is 11.8. The first-order chi connectivity index (χ1) is 23.4. The zero-order valence-electron chi connectivity index (χ0n) is 32.9. The lowest BCUT2D eigenvalue weighted by atomic mass is 9.74. The number of Topliss-reactive ketones (excluding diaryl/α,β-unsaturated/α-hetero) is 1. The third kappa shape index (κ3) is 9.51. The zero-order chi connectivity index (χ0) is 39.0. The Kier molecular flexibility index (Phi) is 14.7. The van der Waals surface area contributed by atoms with E-state index < -0.39 is 108 Å². The molecule has 0 radical (unpaired) electrons. The van der Waals surface area contributed by atoms with Crippen molar-refractivity contribution in [1.29, 1.82) is 0 Å². The van der Waals surface area contributed by atoms with Crippen LogP contribution in [0.5, 0.6) is 0 Å². The van der Waals surface area contributed by atoms with Crippen molar-refractivity contribution in [3.8, 4) is 0 Å². The van der Waals surface area contributed by atoms with Gasteiger partial charge >= 0.3 is 5.97 Å². The number of carbonyl (C=O) groups excluding carboxylic acids is 2. The number of ketones is 1. The molecule has 3 fully saturated rings. The molecule has 5 N–H and O–H groups in total. The van der Waals surface area contributed by atoms with Crippen molar-refractivity contribution in [2.75, 3.05) is 21.2 Å². The lowest BCUT2D eigenvalue weighted by Crippen LogP contribution is -2.61. The van der Waals surface area contributed by atoms with Gasteiger partial charge in [-0.2, -0.15) is 0 Å². The second kappa shape index (κ2) is 17.0. The minimum absolute atomic E-state index is 0.0936. The van der Waals surface area contributed by atoms with Crippen molar-refractivity contribution in [3.63, 3.8) is 0 Å². The summed E-state index contributed by atoms with van der Waals surface area (Å²) >= 11 is 0. The maximum atomic E-state index is 14.1. The zero-order valence-corrected chi connectivity index (χ0v) is 32.9. The summed E-state index contributed by atoms with van der Waals surface area (Å²) in [6.07, 6.45) is -9.71. The molecule has 18 atom stereocenters. The summed E-state index contributed by atoms with van der Waals surface area (Å²) in [5, 5.41) is 57.6. The number of nitrogens with zero attached hydrogens (tertiary/aromatic N) is 1. The van der Waals surface area contributed by atoms with Crippen LogP contribution in [0.4, 0.5) is 0 Å². The minimum atomic E-state index is -1.99. The lowest BCUT2D eigenvalue weighted by molar-refractivity contribution is -0.318. The van der Waals surface area contributed by atoms with Crippen LogP contribution in [0.2, 0.25) is 0 Å². The van der Waals surface area contributed by atoms with Gasteiger partial charge in [-0.15, -0.1) is 0 Å². The molecule has 51 heavy (non-hydrogen) atoms. The molecule has 0 aliphatic carbocycles. The van der Waals surface area contributed by atoms with E-state index in [-0.39, 0.29) is 31.4 Å². The molecule has 3 aliphatic rings. The molecule has 0 aromatic heterocycles. The molecule has 0 aromatic rings. The first-order valence-corrected chi connectivity index (χ1v) is 18.5. The highest BCUT2D eigenvalue weighted by Gasteiger charge is 2.53. The van der Waals surface area contributed by atoms with Gasteiger partial charge in [-0.25, -0.2) is 0 Å². The standard InChI is InChI=1S/C37H67NO13/c1-14-25-37(10,45)30(41)20(4)27(39)18(2)16-35(8,44)32(51-34-28(40)24(38(11)12)15-19(3)47-34)21(5)29(22(6)33(43)49-25)50-26-17-36(9,46-13)31(42)23(7)48-26/h18-26,28-32,34,40-42,44-45H,14-17H2,1-13H3/t18-,19?,20+,21+,22-,23?,24?,25?,26?,28?,29+,30-,31?,32-,34?,35-,36?,37-/m1/s1. The fourth-order valence-electron chi connectivity index (χ4n) is 8.41. The summed E-state index contributed by atoms with van der Waals surface area (Å²) in [6, 6.07) is -0.324. The number of carbonyl (C=O) groups is 2. The van der Waals surface area contributed by atoms with Crippen molar-refractivity contribution in [3.05, 3.63) is 0 Å². The van der Waals surface area contributed by atoms with Crippen molar-refractivity contribution in [2.45, 2.75) is 179 Å². The van der Waals surface area contributed by atoms with E-state index in [0.717, 1.165) is 0 Å². The van der Waals surface area contributed by atoms with E-state index in [9.17, 15) is 35.1 Å². The van der Waals surface area contributed by atoms with E-state index in [4.69, 9.17) is 28.4 Å². The van der Waals surface area contributed by atoms with Crippen LogP contribution in [0.15, 0.2) is 0 Å². The van der Waals surface area contributed by atoms with Crippen molar-refractivity contribution in [1.82, 2.24) is 4.90 Å². The third-order valence-corrected chi connectivity index (χ3v) is 11.8. The molecule has 14 nitrogen and oxygen atoms in total. The summed E-state index contributed by atoms with van der Waals surface area (Å²) in [5.74, 6) is -4.98. The fourth-order valence-corrected chi connectivity index (χ4v) is 8.41. The van der Waals surface area contributed by atoms with Gasteiger partial charge in [0.05, 0.1) is 47.6 Å². The number of cyclic esters (lactones) is 1. The maximum absolute atomic E-state index is 14.1. The Morgan fingerprint density at radius 2 is 1.49 bits per heavy atom. The van der Waals surface area contributed by atoms with Crippen LogP contribution in [0.1, 0.15) is 94.9 Å². The summed E-state index contributed by atoms with van der Waals surface area (Å²) in [4.78, 5) is 29.8. The molecule has 3 rings (SSSR count). The predicted octanol–water partition coefficient (Wildman–Crippen LogP) is 1.79. The van der Waals surface area contributed by atoms with Gasteiger partial charge < -0.3 is 58.9 Å². The Hall–Kier alpha value is -1.30. The largest absolute Gasteiger partial charge is 0.459 e. The molecule has 0 amide bonds. The molecule has 3 saturated heterocycles. The van der Waals surface area contributed by atoms with Crippen molar-refractivity contribution < 1.29 is 63.5 Å². The van der Waals surface area contributed by atoms with Crippen LogP contribution in [0, 0.1) is 23.7 Å². The Morgan fingerprint density at radius 1 is 0.882 bits per heavy atom. The Labute approximate surface area is 304 Å². The molecule has 0 spiro atoms. The quantitative estimate of drug-likeness (QED) is 0.238. The first kappa shape index (κ1) is 44.1. The summed E-state index contributed by atoms with van der Waals surface area (Å²) in [7, 11) is 5.18. The molecule has 298 valence electrons. The van der Waals surface area contributed by atoms with Gasteiger partial charge in [-0.3, -0.25) is 9.59 Å². The van der Waals surface area contributed by atoms with E-state index in [0.29, 0.717) is 6.42 Å². The summed E-state index contributed by atoms with van der Waals surface area (Å²) in [6.45, 7) is 16.3. The molecule has 14 heteroatoms. The Bertz CT molecular complexity index is 1170. The van der Waals surface area contributed by atoms with Gasteiger partial charge in [0, 0.05) is 37.3 Å². The number of rotatable bonds is 7. The highest BCUT2D eigenvalue weighted by molar-refractivity contribution is 5.83. The lowest BCUT2D eigenvalue weighted by Gasteiger charge is -2.49. The Balaban J connectivity index is 2.18. The molecular formula is C37H67NO13. The second-order valence-corrected chi connectivity index (χ2v) is 16.5. The van der Waals surface area contributed by atoms with Gasteiger partial charge in [0.2, 0.25) is 0 Å². The molecule has 0 saturated carbocycles. The fraction of sp³-hybridized carbons (Fsp3) is 0.946. The molecule has 0 bridgehead atoms. The summed E-state index contributed by atoms with van der Waals surface area (Å²) < 4.78 is 37.1. The van der Waals surface area contributed by atoms with Gasteiger partial charge in [0.25, 0.3) is 0 Å². The van der Waals surface area contributed by atoms with E-state index in [1.165, 1.54) is 27.9 Å². The normalized spacial score (nSPS) is 49.7. The average Bonchev–Trinajstić information content (AvgIpc) is 3.05. The smallest absolute Gasteiger partial charge is 0.311 e. The monoisotopic (exact) mass is 733 g/mol. The Morgan fingerprint density at radius 3 is 2.04 bits per heavy atom. The molecule has 9 unspecified atom stereocenters. The van der Waals surface area contributed by atoms with Gasteiger partial charge in [-0.05, 0) is 74.9 Å². The molecule has 3 heterocycles. The number of hydrogen-bond acceptors (Lipinski definition) is 14. The second-order valence-electron chi connectivity index (χ2n) is 16.5. The van der Waals surface area contributed by atoms with Crippen molar-refractivity contribution >= 4 is 11.8 Å². The average molecular weight is 734 g/mol. The van der Waals surface area contributed by atoms with Gasteiger partial charge in [0.1, 0.15) is 29.7 Å². The van der Waals surface area contributed by atoms with Crippen LogP contribution >= 0.6 is 0 Å². The number of aliphatic hydroxyl groups is 5.